The maximum atomic E-state index is 2.26. The Labute approximate surface area is 149 Å². The summed E-state index contributed by atoms with van der Waals surface area (Å²) in [5.74, 6) is 0. The van der Waals surface area contributed by atoms with Crippen molar-refractivity contribution in [1.82, 2.24) is 0 Å². The van der Waals surface area contributed by atoms with Gasteiger partial charge in [-0.25, -0.2) is 0 Å². The van der Waals surface area contributed by atoms with Crippen LogP contribution in [0, 0.1) is 0 Å². The summed E-state index contributed by atoms with van der Waals surface area (Å²) in [7, 11) is 0. The van der Waals surface area contributed by atoms with Gasteiger partial charge in [0.2, 0.25) is 0 Å². The van der Waals surface area contributed by atoms with E-state index in [1.807, 2.05) is 33.8 Å². The van der Waals surface area contributed by atoms with Gasteiger partial charge in [-0.15, -0.1) is 0 Å². The van der Waals surface area contributed by atoms with Crippen LogP contribution in [0.4, 0.5) is 0 Å². The zero-order valence-electron chi connectivity index (χ0n) is 16.3. The van der Waals surface area contributed by atoms with E-state index in [0.717, 1.165) is 12.8 Å². The molecule has 24 heavy (non-hydrogen) atoms. The van der Waals surface area contributed by atoms with E-state index < -0.39 is 0 Å². The molecule has 130 valence electrons. The summed E-state index contributed by atoms with van der Waals surface area (Å²) in [6.45, 7) is 12.3. The molecule has 0 heteroatoms. The zero-order valence-corrected chi connectivity index (χ0v) is 16.3. The molecule has 0 bridgehead atoms. The molecule has 0 spiro atoms. The topological polar surface area (TPSA) is 0 Å². The molecule has 0 amide bonds. The summed E-state index contributed by atoms with van der Waals surface area (Å²) in [6.07, 6.45) is 2.26. The largest absolute Gasteiger partial charge is 0.0683 e. The fraction of sp³-hybridized carbons (Fsp3) is 0.333. The van der Waals surface area contributed by atoms with Crippen molar-refractivity contribution in [3.63, 3.8) is 0 Å². The summed E-state index contributed by atoms with van der Waals surface area (Å²) in [4.78, 5) is 0. The van der Waals surface area contributed by atoms with E-state index in [4.69, 9.17) is 0 Å². The molecule has 3 rings (SSSR count). The van der Waals surface area contributed by atoms with Gasteiger partial charge in [0.1, 0.15) is 0 Å². The average Bonchev–Trinajstić information content (AvgIpc) is 2.71. The molecular formula is C24H34. The Morgan fingerprint density at radius 1 is 0.500 bits per heavy atom. The smallest absolute Gasteiger partial charge is 0.0181 e. The van der Waals surface area contributed by atoms with Crippen molar-refractivity contribution in [1.29, 1.82) is 0 Å². The Kier molecular flexibility index (Phi) is 13.3. The highest BCUT2D eigenvalue weighted by atomic mass is 14.0. The molecule has 0 radical (unpaired) electrons. The number of aryl methyl sites for hydroxylation is 2. The zero-order chi connectivity index (χ0) is 18.2. The molecule has 0 fully saturated rings. The number of hydrogen-bond donors (Lipinski definition) is 0. The maximum absolute atomic E-state index is 2.26. The third kappa shape index (κ3) is 7.97. The van der Waals surface area contributed by atoms with Gasteiger partial charge in [0.15, 0.2) is 0 Å². The monoisotopic (exact) mass is 322 g/mol. The number of rotatable bonds is 2. The lowest BCUT2D eigenvalue weighted by atomic mass is 10.1. The summed E-state index contributed by atoms with van der Waals surface area (Å²) in [6, 6.07) is 25.6. The van der Waals surface area contributed by atoms with E-state index in [1.165, 1.54) is 21.9 Å². The summed E-state index contributed by atoms with van der Waals surface area (Å²) < 4.78 is 0. The molecule has 0 heterocycles. The van der Waals surface area contributed by atoms with Gasteiger partial charge >= 0.3 is 0 Å². The predicted octanol–water partition coefficient (Wildman–Crippen LogP) is 7.70. The molecule has 0 aliphatic carbocycles. The molecule has 0 aliphatic heterocycles. The van der Waals surface area contributed by atoms with Crippen LogP contribution in [-0.2, 0) is 12.8 Å². The van der Waals surface area contributed by atoms with Crippen molar-refractivity contribution in [2.45, 2.75) is 54.4 Å². The van der Waals surface area contributed by atoms with Gasteiger partial charge < -0.3 is 0 Å². The fourth-order valence-electron chi connectivity index (χ4n) is 2.17. The lowest BCUT2D eigenvalue weighted by Gasteiger charge is -1.99. The van der Waals surface area contributed by atoms with Crippen LogP contribution in [0.2, 0.25) is 0 Å². The molecule has 0 unspecified atom stereocenters. The van der Waals surface area contributed by atoms with Crippen LogP contribution >= 0.6 is 0 Å². The quantitative estimate of drug-likeness (QED) is 0.453. The highest BCUT2D eigenvalue weighted by Gasteiger charge is 1.92. The third-order valence-electron chi connectivity index (χ3n) is 3.47. The van der Waals surface area contributed by atoms with Gasteiger partial charge in [0, 0.05) is 0 Å². The van der Waals surface area contributed by atoms with Gasteiger partial charge in [-0.3, -0.25) is 0 Å². The van der Waals surface area contributed by atoms with Crippen molar-refractivity contribution in [2.75, 3.05) is 0 Å². The van der Waals surface area contributed by atoms with Crippen LogP contribution in [0.25, 0.3) is 10.8 Å². The van der Waals surface area contributed by atoms with Crippen LogP contribution in [0.5, 0.6) is 0 Å². The van der Waals surface area contributed by atoms with Crippen molar-refractivity contribution in [2.24, 2.45) is 0 Å². The van der Waals surface area contributed by atoms with Crippen LogP contribution in [0.3, 0.4) is 0 Å². The van der Waals surface area contributed by atoms with Gasteiger partial charge in [-0.1, -0.05) is 114 Å². The Balaban J connectivity index is 0.000000385. The minimum absolute atomic E-state index is 1.12. The first-order chi connectivity index (χ1) is 11.8. The lowest BCUT2D eigenvalue weighted by molar-refractivity contribution is 1.14. The first-order valence-electron chi connectivity index (χ1n) is 9.35. The maximum Gasteiger partial charge on any atom is -0.0181 e. The second kappa shape index (κ2) is 14.5. The van der Waals surface area contributed by atoms with E-state index in [0.29, 0.717) is 0 Å². The highest BCUT2D eigenvalue weighted by Crippen LogP contribution is 2.15. The second-order valence-electron chi connectivity index (χ2n) is 4.87. The Hall–Kier alpha value is -2.08. The highest BCUT2D eigenvalue weighted by molar-refractivity contribution is 5.82. The van der Waals surface area contributed by atoms with Crippen molar-refractivity contribution in [3.8, 4) is 0 Å². The van der Waals surface area contributed by atoms with E-state index in [2.05, 4.69) is 80.6 Å². The minimum atomic E-state index is 1.12. The average molecular weight is 323 g/mol. The summed E-state index contributed by atoms with van der Waals surface area (Å²) in [5.41, 5.74) is 2.82. The van der Waals surface area contributed by atoms with Crippen molar-refractivity contribution < 1.29 is 0 Å². The molecule has 0 saturated heterocycles. The Morgan fingerprint density at radius 2 is 1.00 bits per heavy atom. The second-order valence-corrected chi connectivity index (χ2v) is 4.87. The molecule has 3 aromatic carbocycles. The van der Waals surface area contributed by atoms with Gasteiger partial charge in [-0.05, 0) is 34.7 Å². The molecule has 0 N–H and O–H groups in total. The first kappa shape index (κ1) is 21.9. The summed E-state index contributed by atoms with van der Waals surface area (Å²) in [5, 5.41) is 2.67. The first-order valence-corrected chi connectivity index (χ1v) is 9.35. The van der Waals surface area contributed by atoms with Gasteiger partial charge in [0.25, 0.3) is 0 Å². The molecule has 3 aromatic rings. The SMILES string of the molecule is CC.CC.CCc1ccc2ccccc2c1.CCc1ccccc1. The van der Waals surface area contributed by atoms with Crippen LogP contribution in [-0.4, -0.2) is 0 Å². The molecule has 0 nitrogen and oxygen atoms in total. The molecule has 0 aliphatic rings. The Morgan fingerprint density at radius 3 is 1.50 bits per heavy atom. The molecule has 0 atom stereocenters. The number of hydrogen-bond acceptors (Lipinski definition) is 0. The fourth-order valence-corrected chi connectivity index (χ4v) is 2.17. The summed E-state index contributed by atoms with van der Waals surface area (Å²) >= 11 is 0. The predicted molar refractivity (Wildman–Crippen MR) is 112 cm³/mol. The van der Waals surface area contributed by atoms with Crippen LogP contribution < -0.4 is 0 Å². The van der Waals surface area contributed by atoms with E-state index in [9.17, 15) is 0 Å². The van der Waals surface area contributed by atoms with E-state index in [1.54, 1.807) is 0 Å². The normalized spacial score (nSPS) is 8.75. The van der Waals surface area contributed by atoms with E-state index >= 15 is 0 Å². The molecule has 0 saturated carbocycles. The van der Waals surface area contributed by atoms with Crippen molar-refractivity contribution in [3.05, 3.63) is 83.9 Å². The van der Waals surface area contributed by atoms with Gasteiger partial charge in [-0.2, -0.15) is 0 Å². The Bertz CT molecular complexity index is 638. The van der Waals surface area contributed by atoms with Crippen LogP contribution in [0.1, 0.15) is 52.7 Å². The van der Waals surface area contributed by atoms with Crippen molar-refractivity contribution >= 4 is 10.8 Å². The number of fused-ring (bicyclic) bond motifs is 1. The lowest BCUT2D eigenvalue weighted by Crippen LogP contribution is -1.79. The molecular weight excluding hydrogens is 288 g/mol. The van der Waals surface area contributed by atoms with Gasteiger partial charge in [0.05, 0.1) is 0 Å². The van der Waals surface area contributed by atoms with E-state index in [-0.39, 0.29) is 0 Å². The third-order valence-corrected chi connectivity index (χ3v) is 3.47. The van der Waals surface area contributed by atoms with Crippen LogP contribution in [0.15, 0.2) is 72.8 Å². The number of benzene rings is 3. The minimum Gasteiger partial charge on any atom is -0.0683 e. The molecule has 0 aromatic heterocycles. The standard InChI is InChI=1S/C12H12.C8H10.2C2H6/c1-2-10-7-8-11-5-3-4-6-12(11)9-10;1-2-8-6-4-3-5-7-8;2*1-2/h3-9H,2H2,1H3;3-7H,2H2,1H3;2*1-2H3.